The van der Waals surface area contributed by atoms with Gasteiger partial charge in [0.05, 0.1) is 16.9 Å². The fourth-order valence-corrected chi connectivity index (χ4v) is 2.44. The largest absolute Gasteiger partial charge is 0.334 e. The van der Waals surface area contributed by atoms with Gasteiger partial charge in [-0.1, -0.05) is 17.8 Å². The number of nitrogen functional groups attached to an aromatic ring is 1. The Morgan fingerprint density at radius 1 is 1.48 bits per heavy atom. The molecule has 0 unspecified atom stereocenters. The smallest absolute Gasteiger partial charge is 0.294 e. The highest BCUT2D eigenvalue weighted by Gasteiger charge is 2.18. The lowest BCUT2D eigenvalue weighted by atomic mass is 10.2. The van der Waals surface area contributed by atoms with Gasteiger partial charge >= 0.3 is 0 Å². The molecule has 1 heterocycles. The number of hydrogen-bond acceptors (Lipinski definition) is 7. The summed E-state index contributed by atoms with van der Waals surface area (Å²) in [5.41, 5.74) is 0.684. The van der Waals surface area contributed by atoms with Crippen molar-refractivity contribution in [3.8, 4) is 6.07 Å². The van der Waals surface area contributed by atoms with Crippen LogP contribution in [0.3, 0.4) is 0 Å². The molecule has 1 atom stereocenters. The molecule has 0 bridgehead atoms. The van der Waals surface area contributed by atoms with Crippen LogP contribution >= 0.6 is 11.8 Å². The number of hydrogen-bond donors (Lipinski definition) is 2. The number of amides is 1. The van der Waals surface area contributed by atoms with Gasteiger partial charge in [-0.05, 0) is 32.0 Å². The average molecular weight is 330 g/mol. The number of carbonyl (C=O) groups is 1. The number of aromatic nitrogens is 3. The first-order valence-electron chi connectivity index (χ1n) is 6.61. The van der Waals surface area contributed by atoms with Crippen molar-refractivity contribution in [3.05, 3.63) is 45.9 Å². The van der Waals surface area contributed by atoms with Gasteiger partial charge in [-0.2, -0.15) is 9.94 Å². The van der Waals surface area contributed by atoms with E-state index < -0.39 is 10.8 Å². The van der Waals surface area contributed by atoms with Crippen molar-refractivity contribution in [2.24, 2.45) is 0 Å². The summed E-state index contributed by atoms with van der Waals surface area (Å²) in [6.07, 6.45) is 0. The molecule has 8 nitrogen and oxygen atoms in total. The molecular formula is C14H14N6O2S. The summed E-state index contributed by atoms with van der Waals surface area (Å²) in [6.45, 7) is 3.16. The lowest BCUT2D eigenvalue weighted by Crippen LogP contribution is -2.33. The van der Waals surface area contributed by atoms with Crippen molar-refractivity contribution < 1.29 is 4.79 Å². The van der Waals surface area contributed by atoms with E-state index in [9.17, 15) is 9.59 Å². The number of aryl methyl sites for hydroxylation is 1. The van der Waals surface area contributed by atoms with Crippen molar-refractivity contribution in [2.75, 3.05) is 11.2 Å². The Kier molecular flexibility index (Phi) is 4.98. The Balaban J connectivity index is 2.10. The van der Waals surface area contributed by atoms with E-state index in [4.69, 9.17) is 11.1 Å². The minimum atomic E-state index is -0.563. The SMILES string of the molecule is Cc1nnc(S[C@@H](C)C(=O)Nc2cccc(C#N)c2)n(N)c1=O. The van der Waals surface area contributed by atoms with Gasteiger partial charge in [0.15, 0.2) is 0 Å². The Labute approximate surface area is 136 Å². The molecule has 0 aliphatic carbocycles. The van der Waals surface area contributed by atoms with Crippen LogP contribution in [-0.4, -0.2) is 26.0 Å². The summed E-state index contributed by atoms with van der Waals surface area (Å²) in [6, 6.07) is 8.57. The summed E-state index contributed by atoms with van der Waals surface area (Å²) in [4.78, 5) is 23.9. The number of nitrogens with one attached hydrogen (secondary N) is 1. The van der Waals surface area contributed by atoms with Gasteiger partial charge < -0.3 is 11.2 Å². The lowest BCUT2D eigenvalue weighted by molar-refractivity contribution is -0.115. The number of benzene rings is 1. The van der Waals surface area contributed by atoms with Crippen LogP contribution in [0.25, 0.3) is 0 Å². The first-order valence-corrected chi connectivity index (χ1v) is 7.49. The molecule has 3 N–H and O–H groups in total. The molecule has 2 rings (SSSR count). The molecule has 9 heteroatoms. The lowest BCUT2D eigenvalue weighted by Gasteiger charge is -2.12. The van der Waals surface area contributed by atoms with E-state index >= 15 is 0 Å². The van der Waals surface area contributed by atoms with E-state index in [2.05, 4.69) is 15.5 Å². The van der Waals surface area contributed by atoms with Crippen LogP contribution in [0.2, 0.25) is 0 Å². The topological polar surface area (TPSA) is 127 Å². The Hall–Kier alpha value is -2.86. The van der Waals surface area contributed by atoms with E-state index in [1.54, 1.807) is 31.2 Å². The monoisotopic (exact) mass is 330 g/mol. The van der Waals surface area contributed by atoms with E-state index in [-0.39, 0.29) is 16.8 Å². The van der Waals surface area contributed by atoms with Crippen LogP contribution in [0.5, 0.6) is 0 Å². The van der Waals surface area contributed by atoms with E-state index in [1.807, 2.05) is 6.07 Å². The third-order valence-electron chi connectivity index (χ3n) is 2.93. The standard InChI is InChI=1S/C14H14N6O2S/c1-8-13(22)20(16)14(19-18-8)23-9(2)12(21)17-11-5-3-4-10(6-11)7-15/h3-6,9H,16H2,1-2H3,(H,17,21)/t9-/m0/s1. The molecule has 0 aliphatic heterocycles. The van der Waals surface area contributed by atoms with E-state index in [0.717, 1.165) is 16.4 Å². The number of thioether (sulfide) groups is 1. The molecule has 23 heavy (non-hydrogen) atoms. The Morgan fingerprint density at radius 2 is 2.22 bits per heavy atom. The van der Waals surface area contributed by atoms with Crippen LogP contribution in [0, 0.1) is 18.3 Å². The fraction of sp³-hybridized carbons (Fsp3) is 0.214. The molecule has 0 radical (unpaired) electrons. The average Bonchev–Trinajstić information content (AvgIpc) is 2.55. The van der Waals surface area contributed by atoms with Crippen molar-refractivity contribution in [3.63, 3.8) is 0 Å². The minimum absolute atomic E-state index is 0.147. The van der Waals surface area contributed by atoms with Gasteiger partial charge in [-0.25, -0.2) is 0 Å². The maximum atomic E-state index is 12.2. The van der Waals surface area contributed by atoms with Crippen LogP contribution in [0.4, 0.5) is 5.69 Å². The summed E-state index contributed by atoms with van der Waals surface area (Å²) >= 11 is 1.02. The summed E-state index contributed by atoms with van der Waals surface area (Å²) < 4.78 is 0.868. The highest BCUT2D eigenvalue weighted by Crippen LogP contribution is 2.20. The summed E-state index contributed by atoms with van der Waals surface area (Å²) in [7, 11) is 0. The molecule has 1 aromatic carbocycles. The summed E-state index contributed by atoms with van der Waals surface area (Å²) in [5, 5.41) is 18.7. The van der Waals surface area contributed by atoms with Crippen LogP contribution in [-0.2, 0) is 4.79 Å². The Morgan fingerprint density at radius 3 is 2.91 bits per heavy atom. The molecule has 0 spiro atoms. The van der Waals surface area contributed by atoms with Gasteiger partial charge in [0, 0.05) is 5.69 Å². The molecule has 0 aliphatic rings. The second-order valence-corrected chi connectivity index (χ2v) is 5.99. The van der Waals surface area contributed by atoms with Gasteiger partial charge in [-0.3, -0.25) is 9.59 Å². The number of nitrogens with two attached hydrogens (primary N) is 1. The third kappa shape index (κ3) is 3.87. The van der Waals surface area contributed by atoms with Gasteiger partial charge in [-0.15, -0.1) is 10.2 Å². The van der Waals surface area contributed by atoms with Crippen LogP contribution in [0.15, 0.2) is 34.2 Å². The predicted molar refractivity (Wildman–Crippen MR) is 86.3 cm³/mol. The zero-order valence-electron chi connectivity index (χ0n) is 12.5. The van der Waals surface area contributed by atoms with Crippen LogP contribution in [0.1, 0.15) is 18.2 Å². The van der Waals surface area contributed by atoms with Gasteiger partial charge in [0.25, 0.3) is 5.56 Å². The minimum Gasteiger partial charge on any atom is -0.334 e. The molecule has 0 saturated heterocycles. The van der Waals surface area contributed by atoms with Crippen molar-refractivity contribution in [2.45, 2.75) is 24.3 Å². The number of nitrogens with zero attached hydrogens (tertiary/aromatic N) is 4. The zero-order chi connectivity index (χ0) is 17.0. The highest BCUT2D eigenvalue weighted by molar-refractivity contribution is 8.00. The second kappa shape index (κ2) is 6.93. The number of carbonyl (C=O) groups excluding carboxylic acids is 1. The molecule has 2 aromatic rings. The quantitative estimate of drug-likeness (QED) is 0.622. The molecular weight excluding hydrogens is 316 g/mol. The molecule has 1 amide bonds. The first kappa shape index (κ1) is 16.5. The Bertz CT molecular complexity index is 842. The van der Waals surface area contributed by atoms with Crippen molar-refractivity contribution in [1.29, 1.82) is 5.26 Å². The third-order valence-corrected chi connectivity index (χ3v) is 3.99. The molecule has 1 aromatic heterocycles. The predicted octanol–water partition coefficient (Wildman–Crippen LogP) is 0.651. The maximum Gasteiger partial charge on any atom is 0.294 e. The number of rotatable bonds is 4. The molecule has 118 valence electrons. The highest BCUT2D eigenvalue weighted by atomic mass is 32.2. The second-order valence-electron chi connectivity index (χ2n) is 4.69. The number of nitriles is 1. The summed E-state index contributed by atoms with van der Waals surface area (Å²) in [5.74, 6) is 5.33. The normalized spacial score (nSPS) is 11.5. The zero-order valence-corrected chi connectivity index (χ0v) is 13.3. The van der Waals surface area contributed by atoms with Crippen molar-refractivity contribution in [1.82, 2.24) is 14.9 Å². The maximum absolute atomic E-state index is 12.2. The molecule has 0 saturated carbocycles. The first-order chi connectivity index (χ1) is 10.9. The van der Waals surface area contributed by atoms with Gasteiger partial charge in [0.2, 0.25) is 11.1 Å². The van der Waals surface area contributed by atoms with Crippen molar-refractivity contribution >= 4 is 23.4 Å². The van der Waals surface area contributed by atoms with E-state index in [1.165, 1.54) is 6.92 Å². The fourth-order valence-electron chi connectivity index (χ4n) is 1.67. The number of anilines is 1. The molecule has 0 fully saturated rings. The van der Waals surface area contributed by atoms with E-state index in [0.29, 0.717) is 11.3 Å². The van der Waals surface area contributed by atoms with Crippen LogP contribution < -0.4 is 16.7 Å². The van der Waals surface area contributed by atoms with Gasteiger partial charge in [0.1, 0.15) is 5.69 Å².